The Morgan fingerprint density at radius 1 is 1.00 bits per heavy atom. The minimum atomic E-state index is -0.878. The van der Waals surface area contributed by atoms with Crippen LogP contribution in [0.25, 0.3) is 0 Å². The smallest absolute Gasteiger partial charge is 0.0888 e. The molecule has 0 radical (unpaired) electrons. The van der Waals surface area contributed by atoms with Gasteiger partial charge in [-0.05, 0) is 111 Å². The van der Waals surface area contributed by atoms with Gasteiger partial charge in [-0.25, -0.2) is 0 Å². The van der Waals surface area contributed by atoms with E-state index in [9.17, 15) is 20.4 Å². The lowest BCUT2D eigenvalue weighted by atomic mass is 9.55. The van der Waals surface area contributed by atoms with E-state index in [-0.39, 0.29) is 22.9 Å². The Morgan fingerprint density at radius 3 is 2.29 bits per heavy atom. The van der Waals surface area contributed by atoms with Gasteiger partial charge in [0.1, 0.15) is 0 Å². The molecule has 0 aromatic carbocycles. The van der Waals surface area contributed by atoms with Crippen LogP contribution in [0.15, 0.2) is 23.3 Å². The zero-order valence-electron chi connectivity index (χ0n) is 23.5. The molecule has 7 atom stereocenters. The molecular weight excluding hydrogens is 440 g/mol. The van der Waals surface area contributed by atoms with Crippen molar-refractivity contribution >= 4 is 0 Å². The summed E-state index contributed by atoms with van der Waals surface area (Å²) in [6.45, 7) is 16.1. The molecule has 0 bridgehead atoms. The van der Waals surface area contributed by atoms with Gasteiger partial charge in [0, 0.05) is 5.41 Å². The zero-order valence-corrected chi connectivity index (χ0v) is 23.5. The molecule has 0 aromatic heterocycles. The van der Waals surface area contributed by atoms with Gasteiger partial charge in [0.2, 0.25) is 0 Å². The van der Waals surface area contributed by atoms with E-state index >= 15 is 0 Å². The van der Waals surface area contributed by atoms with Crippen LogP contribution in [0, 0.1) is 16.7 Å². The summed E-state index contributed by atoms with van der Waals surface area (Å²) in [4.78, 5) is 0. The van der Waals surface area contributed by atoms with Crippen LogP contribution in [-0.4, -0.2) is 55.5 Å². The monoisotopic (exact) mass is 492 g/mol. The second kappa shape index (κ2) is 9.87. The van der Waals surface area contributed by atoms with Gasteiger partial charge in [-0.15, -0.1) is 0 Å². The van der Waals surface area contributed by atoms with Gasteiger partial charge in [0.05, 0.1) is 35.1 Å². The van der Waals surface area contributed by atoms with Crippen LogP contribution < -0.4 is 0 Å². The van der Waals surface area contributed by atoms with Crippen molar-refractivity contribution in [2.45, 2.75) is 148 Å². The molecular formula is C30H52O5. The number of fused-ring (bicyclic) bond motifs is 1. The molecule has 202 valence electrons. The van der Waals surface area contributed by atoms with Crippen molar-refractivity contribution in [2.24, 2.45) is 16.7 Å². The lowest BCUT2D eigenvalue weighted by Gasteiger charge is -2.54. The van der Waals surface area contributed by atoms with Crippen LogP contribution in [-0.2, 0) is 4.74 Å². The molecule has 0 aromatic rings. The SMILES string of the molecule is CC1=C(CC[C@@H]2[C@@]3(C)CC[C@@H](O)C(C)(C)O[C@@H]3CC[C@]2(C)O)[C@](C)(C/C=C/C(C)(C)O)[C@H](O)CC1. The predicted octanol–water partition coefficient (Wildman–Crippen LogP) is 5.45. The lowest BCUT2D eigenvalue weighted by Crippen LogP contribution is -2.56. The van der Waals surface area contributed by atoms with E-state index in [2.05, 4.69) is 20.8 Å². The van der Waals surface area contributed by atoms with Crippen LogP contribution in [0.3, 0.4) is 0 Å². The molecule has 3 rings (SSSR count). The van der Waals surface area contributed by atoms with Gasteiger partial charge >= 0.3 is 0 Å². The third-order valence-corrected chi connectivity index (χ3v) is 9.88. The first kappa shape index (κ1) is 28.8. The van der Waals surface area contributed by atoms with E-state index < -0.39 is 29.0 Å². The summed E-state index contributed by atoms with van der Waals surface area (Å²) >= 11 is 0. The number of aliphatic hydroxyl groups is 4. The van der Waals surface area contributed by atoms with E-state index in [1.165, 1.54) is 11.1 Å². The predicted molar refractivity (Wildman–Crippen MR) is 141 cm³/mol. The minimum absolute atomic E-state index is 0.00741. The number of rotatable bonds is 6. The number of hydrogen-bond donors (Lipinski definition) is 4. The maximum Gasteiger partial charge on any atom is 0.0888 e. The number of aliphatic hydroxyl groups excluding tert-OH is 2. The number of allylic oxidation sites excluding steroid dienone is 2. The summed E-state index contributed by atoms with van der Waals surface area (Å²) in [6, 6.07) is 0. The van der Waals surface area contributed by atoms with E-state index in [4.69, 9.17) is 4.74 Å². The Labute approximate surface area is 213 Å². The summed E-state index contributed by atoms with van der Waals surface area (Å²) < 4.78 is 6.55. The maximum atomic E-state index is 11.6. The Bertz CT molecular complexity index is 819. The summed E-state index contributed by atoms with van der Waals surface area (Å²) in [6.07, 6.45) is 9.86. The van der Waals surface area contributed by atoms with E-state index in [0.717, 1.165) is 38.5 Å². The minimum Gasteiger partial charge on any atom is -0.392 e. The van der Waals surface area contributed by atoms with Crippen LogP contribution in [0.4, 0.5) is 0 Å². The van der Waals surface area contributed by atoms with Gasteiger partial charge in [-0.3, -0.25) is 0 Å². The van der Waals surface area contributed by atoms with E-state index in [0.29, 0.717) is 19.3 Å². The first-order valence-electron chi connectivity index (χ1n) is 13.8. The van der Waals surface area contributed by atoms with E-state index in [1.807, 2.05) is 32.9 Å². The molecule has 0 unspecified atom stereocenters. The summed E-state index contributed by atoms with van der Waals surface area (Å²) in [5.74, 6) is 0.0328. The van der Waals surface area contributed by atoms with Crippen molar-refractivity contribution < 1.29 is 25.2 Å². The quantitative estimate of drug-likeness (QED) is 0.370. The largest absolute Gasteiger partial charge is 0.392 e. The average molecular weight is 493 g/mol. The molecule has 1 saturated carbocycles. The van der Waals surface area contributed by atoms with Crippen LogP contribution in [0.1, 0.15) is 113 Å². The molecule has 2 fully saturated rings. The van der Waals surface area contributed by atoms with Gasteiger partial charge in [-0.1, -0.05) is 37.1 Å². The Balaban J connectivity index is 1.88. The second-order valence-electron chi connectivity index (χ2n) is 13.7. The molecule has 1 saturated heterocycles. The van der Waals surface area contributed by atoms with Crippen molar-refractivity contribution in [3.63, 3.8) is 0 Å². The maximum absolute atomic E-state index is 11.6. The van der Waals surface area contributed by atoms with Crippen molar-refractivity contribution in [2.75, 3.05) is 0 Å². The number of ether oxygens (including phenoxy) is 1. The topological polar surface area (TPSA) is 90.2 Å². The zero-order chi connectivity index (χ0) is 26.4. The van der Waals surface area contributed by atoms with Crippen LogP contribution in [0.2, 0.25) is 0 Å². The van der Waals surface area contributed by atoms with Gasteiger partial charge in [-0.2, -0.15) is 0 Å². The van der Waals surface area contributed by atoms with Crippen molar-refractivity contribution in [1.82, 2.24) is 0 Å². The number of hydrogen-bond acceptors (Lipinski definition) is 5. The fourth-order valence-corrected chi connectivity index (χ4v) is 7.42. The molecule has 1 heterocycles. The summed E-state index contributed by atoms with van der Waals surface area (Å²) in [5.41, 5.74) is -0.232. The van der Waals surface area contributed by atoms with Gasteiger partial charge < -0.3 is 25.2 Å². The summed E-state index contributed by atoms with van der Waals surface area (Å²) in [7, 11) is 0. The Kier molecular flexibility index (Phi) is 8.13. The highest BCUT2D eigenvalue weighted by atomic mass is 16.5. The highest BCUT2D eigenvalue weighted by molar-refractivity contribution is 5.27. The molecule has 2 aliphatic carbocycles. The molecule has 5 heteroatoms. The highest BCUT2D eigenvalue weighted by Crippen LogP contribution is 2.56. The Hall–Kier alpha value is -0.720. The third-order valence-electron chi connectivity index (χ3n) is 9.88. The van der Waals surface area contributed by atoms with Crippen LogP contribution >= 0.6 is 0 Å². The fourth-order valence-electron chi connectivity index (χ4n) is 7.42. The fraction of sp³-hybridized carbons (Fsp3) is 0.867. The molecule has 3 aliphatic rings. The van der Waals surface area contributed by atoms with Gasteiger partial charge in [0.15, 0.2) is 0 Å². The summed E-state index contributed by atoms with van der Waals surface area (Å²) in [5, 5.41) is 43.6. The normalized spacial score (nSPS) is 42.7. The molecule has 4 N–H and O–H groups in total. The van der Waals surface area contributed by atoms with Gasteiger partial charge in [0.25, 0.3) is 0 Å². The lowest BCUT2D eigenvalue weighted by molar-refractivity contribution is -0.205. The van der Waals surface area contributed by atoms with E-state index in [1.54, 1.807) is 13.8 Å². The standard InChI is InChI=1S/C30H52O5/c1-20-10-13-24(32)28(6,17-9-16-26(2,3)33)21(20)11-12-22-29(7)18-14-23(31)27(4,5)35-25(29)15-19-30(22,8)34/h9,16,22-25,31-34H,10-15,17-19H2,1-8H3/b16-9+/t22-,23-,24-,25-,28+,29-,30+/m1/s1. The molecule has 35 heavy (non-hydrogen) atoms. The first-order chi connectivity index (χ1) is 15.9. The molecule has 5 nitrogen and oxygen atoms in total. The average Bonchev–Trinajstić information content (AvgIpc) is 2.80. The molecule has 1 aliphatic heterocycles. The highest BCUT2D eigenvalue weighted by Gasteiger charge is 2.56. The molecule has 0 amide bonds. The second-order valence-corrected chi connectivity index (χ2v) is 13.7. The third kappa shape index (κ3) is 5.90. The first-order valence-corrected chi connectivity index (χ1v) is 13.8. The van der Waals surface area contributed by atoms with Crippen molar-refractivity contribution in [3.05, 3.63) is 23.3 Å². The van der Waals surface area contributed by atoms with Crippen molar-refractivity contribution in [3.8, 4) is 0 Å². The Morgan fingerprint density at radius 2 is 1.66 bits per heavy atom. The molecule has 0 spiro atoms. The van der Waals surface area contributed by atoms with Crippen molar-refractivity contribution in [1.29, 1.82) is 0 Å². The van der Waals surface area contributed by atoms with Crippen LogP contribution in [0.5, 0.6) is 0 Å².